The zero-order valence-electron chi connectivity index (χ0n) is 18.1. The van der Waals surface area contributed by atoms with E-state index >= 15 is 0 Å². The highest BCUT2D eigenvalue weighted by Crippen LogP contribution is 2.58. The second-order valence-corrected chi connectivity index (χ2v) is 11.1. The number of nitrogens with one attached hydrogen (secondary N) is 1. The highest BCUT2D eigenvalue weighted by atomic mass is 31.2. The average molecular weight is 459 g/mol. The van der Waals surface area contributed by atoms with Gasteiger partial charge in [0, 0.05) is 23.7 Å². The average Bonchev–Trinajstić information content (AvgIpc) is 3.12. The summed E-state index contributed by atoms with van der Waals surface area (Å²) in [5.41, 5.74) is -0.755. The minimum Gasteiger partial charge on any atom is -0.388 e. The first-order valence-electron chi connectivity index (χ1n) is 10.0. The lowest BCUT2D eigenvalue weighted by Crippen LogP contribution is -2.39. The third-order valence-corrected chi connectivity index (χ3v) is 7.90. The summed E-state index contributed by atoms with van der Waals surface area (Å²) in [6, 6.07) is 1.78. The summed E-state index contributed by atoms with van der Waals surface area (Å²) in [5.74, 6) is 0. The molecule has 0 spiro atoms. The van der Waals surface area contributed by atoms with Crippen LogP contribution in [0.2, 0.25) is 0 Å². The fraction of sp³-hybridized carbons (Fsp3) is 0.684. The number of rotatable bonds is 7. The Bertz CT molecular complexity index is 1060. The van der Waals surface area contributed by atoms with Gasteiger partial charge in [-0.3, -0.25) is 9.13 Å². The SMILES string of the molecule is CC[C@](C)(O)P(=O)(O)OC(C)(C)C[C@H]1O[C@@H](n2cc3cc(C)[nH]c3nc2=O)[C@H](O)[C@@H]1O. The van der Waals surface area contributed by atoms with Crippen LogP contribution in [-0.4, -0.2) is 64.0 Å². The predicted molar refractivity (Wildman–Crippen MR) is 112 cm³/mol. The summed E-state index contributed by atoms with van der Waals surface area (Å²) in [4.78, 5) is 29.5. The van der Waals surface area contributed by atoms with Gasteiger partial charge < -0.3 is 34.5 Å². The van der Waals surface area contributed by atoms with Gasteiger partial charge in [0.25, 0.3) is 0 Å². The molecule has 1 unspecified atom stereocenters. The normalized spacial score (nSPS) is 28.5. The predicted octanol–water partition coefficient (Wildman–Crippen LogP) is 1.14. The molecule has 1 aliphatic rings. The lowest BCUT2D eigenvalue weighted by atomic mass is 9.97. The summed E-state index contributed by atoms with van der Waals surface area (Å²) in [7, 11) is -4.43. The van der Waals surface area contributed by atoms with Crippen LogP contribution in [0.3, 0.4) is 0 Å². The summed E-state index contributed by atoms with van der Waals surface area (Å²) in [6.07, 6.45) is -3.62. The molecule has 1 aliphatic heterocycles. The number of fused-ring (bicyclic) bond motifs is 1. The molecular weight excluding hydrogens is 429 g/mol. The number of aryl methyl sites for hydroxylation is 1. The number of hydrogen-bond acceptors (Lipinski definition) is 8. The van der Waals surface area contributed by atoms with Crippen molar-refractivity contribution in [3.63, 3.8) is 0 Å². The summed E-state index contributed by atoms with van der Waals surface area (Å²) >= 11 is 0. The van der Waals surface area contributed by atoms with Crippen LogP contribution in [0.5, 0.6) is 0 Å². The van der Waals surface area contributed by atoms with Crippen LogP contribution in [-0.2, 0) is 13.8 Å². The van der Waals surface area contributed by atoms with E-state index in [9.17, 15) is 29.6 Å². The number of aromatic amines is 1. The maximum absolute atomic E-state index is 12.5. The quantitative estimate of drug-likeness (QED) is 0.381. The van der Waals surface area contributed by atoms with E-state index in [1.165, 1.54) is 27.0 Å². The highest BCUT2D eigenvalue weighted by Gasteiger charge is 2.50. The van der Waals surface area contributed by atoms with Crippen LogP contribution in [0.1, 0.15) is 52.5 Å². The molecule has 0 saturated carbocycles. The van der Waals surface area contributed by atoms with E-state index < -0.39 is 48.8 Å². The van der Waals surface area contributed by atoms with Crippen LogP contribution >= 0.6 is 7.60 Å². The van der Waals surface area contributed by atoms with Crippen molar-refractivity contribution in [3.05, 3.63) is 28.4 Å². The van der Waals surface area contributed by atoms with E-state index in [0.29, 0.717) is 11.0 Å². The third-order valence-electron chi connectivity index (χ3n) is 5.62. The molecule has 1 fully saturated rings. The molecule has 174 valence electrons. The van der Waals surface area contributed by atoms with E-state index in [4.69, 9.17) is 9.26 Å². The molecule has 2 aromatic heterocycles. The van der Waals surface area contributed by atoms with E-state index in [2.05, 4.69) is 9.97 Å². The Labute approximate surface area is 179 Å². The second kappa shape index (κ2) is 8.08. The van der Waals surface area contributed by atoms with Gasteiger partial charge >= 0.3 is 13.3 Å². The topological polar surface area (TPSA) is 167 Å². The maximum atomic E-state index is 12.5. The van der Waals surface area contributed by atoms with Crippen molar-refractivity contribution < 1.29 is 34.0 Å². The number of nitrogens with zero attached hydrogens (tertiary/aromatic N) is 2. The molecular formula is C19H30N3O8P. The number of ether oxygens (including phenoxy) is 1. The third kappa shape index (κ3) is 4.63. The lowest BCUT2D eigenvalue weighted by Gasteiger charge is -2.35. The fourth-order valence-electron chi connectivity index (χ4n) is 3.61. The van der Waals surface area contributed by atoms with E-state index in [1.807, 2.05) is 6.92 Å². The first-order chi connectivity index (χ1) is 14.2. The summed E-state index contributed by atoms with van der Waals surface area (Å²) < 4.78 is 24.8. The number of H-pyrrole nitrogens is 1. The van der Waals surface area contributed by atoms with E-state index in [-0.39, 0.29) is 12.8 Å². The minimum absolute atomic E-state index is 0.00276. The first-order valence-corrected chi connectivity index (χ1v) is 11.6. The van der Waals surface area contributed by atoms with Crippen molar-refractivity contribution in [3.8, 4) is 0 Å². The number of aliphatic hydroxyl groups is 3. The van der Waals surface area contributed by atoms with Crippen LogP contribution in [0, 0.1) is 6.92 Å². The van der Waals surface area contributed by atoms with Gasteiger partial charge in [-0.2, -0.15) is 4.98 Å². The Kier molecular flexibility index (Phi) is 6.27. The standard InChI is InChI=1S/C19H30N3O8P/c1-6-19(5,26)31(27,28)30-18(3,4)8-12-13(23)14(24)16(29-12)22-9-11-7-10(2)20-15(11)21-17(22)25/h7,9,12-14,16,23-24,26H,6,8H2,1-5H3,(H,27,28)(H,20,21,25)/t12-,13-,14-,16-,19-/m1/s1. The molecule has 1 saturated heterocycles. The monoisotopic (exact) mass is 459 g/mol. The molecule has 0 aliphatic carbocycles. The minimum atomic E-state index is -4.43. The smallest absolute Gasteiger partial charge is 0.359 e. The first kappa shape index (κ1) is 24.1. The molecule has 3 heterocycles. The number of aromatic nitrogens is 3. The molecule has 5 N–H and O–H groups in total. The van der Waals surface area contributed by atoms with Gasteiger partial charge in [0.1, 0.15) is 17.9 Å². The molecule has 6 atom stereocenters. The molecule has 31 heavy (non-hydrogen) atoms. The molecule has 0 bridgehead atoms. The number of aliphatic hydroxyl groups excluding tert-OH is 2. The van der Waals surface area contributed by atoms with Crippen LogP contribution in [0.15, 0.2) is 17.1 Å². The Morgan fingerprint density at radius 3 is 2.58 bits per heavy atom. The van der Waals surface area contributed by atoms with Crippen LogP contribution in [0.4, 0.5) is 0 Å². The molecule has 11 nitrogen and oxygen atoms in total. The molecule has 3 rings (SSSR count). The second-order valence-electron chi connectivity index (χ2n) is 8.88. The Morgan fingerprint density at radius 1 is 1.32 bits per heavy atom. The van der Waals surface area contributed by atoms with Crippen LogP contribution < -0.4 is 5.69 Å². The summed E-state index contributed by atoms with van der Waals surface area (Å²) in [6.45, 7) is 7.61. The Balaban J connectivity index is 1.81. The molecule has 0 radical (unpaired) electrons. The van der Waals surface area contributed by atoms with Gasteiger partial charge in [-0.25, -0.2) is 4.79 Å². The Morgan fingerprint density at radius 2 is 1.97 bits per heavy atom. The van der Waals surface area contributed by atoms with Gasteiger partial charge in [-0.05, 0) is 40.2 Å². The zero-order valence-corrected chi connectivity index (χ0v) is 19.0. The van der Waals surface area contributed by atoms with Gasteiger partial charge in [-0.15, -0.1) is 0 Å². The fourth-order valence-corrected chi connectivity index (χ4v) is 4.95. The lowest BCUT2D eigenvalue weighted by molar-refractivity contribution is -0.0662. The van der Waals surface area contributed by atoms with Gasteiger partial charge in [0.15, 0.2) is 11.6 Å². The zero-order chi connectivity index (χ0) is 23.4. The molecule has 0 amide bonds. The van der Waals surface area contributed by atoms with Crippen molar-refractivity contribution in [2.24, 2.45) is 0 Å². The van der Waals surface area contributed by atoms with Crippen molar-refractivity contribution in [1.82, 2.24) is 14.5 Å². The molecule has 0 aromatic carbocycles. The largest absolute Gasteiger partial charge is 0.388 e. The summed E-state index contributed by atoms with van der Waals surface area (Å²) in [5, 5.41) is 29.9. The van der Waals surface area contributed by atoms with Crippen LogP contribution in [0.25, 0.3) is 11.0 Å². The van der Waals surface area contributed by atoms with Crippen molar-refractivity contribution in [2.45, 2.75) is 82.9 Å². The van der Waals surface area contributed by atoms with Gasteiger partial charge in [0.2, 0.25) is 0 Å². The van der Waals surface area contributed by atoms with Gasteiger partial charge in [-0.1, -0.05) is 6.92 Å². The van der Waals surface area contributed by atoms with E-state index in [1.54, 1.807) is 13.0 Å². The number of hydrogen-bond donors (Lipinski definition) is 5. The van der Waals surface area contributed by atoms with Gasteiger partial charge in [0.05, 0.1) is 11.7 Å². The highest BCUT2D eigenvalue weighted by molar-refractivity contribution is 7.54. The van der Waals surface area contributed by atoms with Crippen molar-refractivity contribution >= 4 is 18.6 Å². The Hall–Kier alpha value is -1.59. The molecule has 12 heteroatoms. The van der Waals surface area contributed by atoms with E-state index in [0.717, 1.165) is 10.3 Å². The molecule has 2 aromatic rings. The maximum Gasteiger partial charge on any atom is 0.359 e. The van der Waals surface area contributed by atoms with Crippen molar-refractivity contribution in [1.29, 1.82) is 0 Å². The van der Waals surface area contributed by atoms with Crippen molar-refractivity contribution in [2.75, 3.05) is 0 Å².